The van der Waals surface area contributed by atoms with E-state index in [1.807, 2.05) is 48.7 Å². The van der Waals surface area contributed by atoms with Crippen LogP contribution < -0.4 is 4.90 Å². The summed E-state index contributed by atoms with van der Waals surface area (Å²) in [6.07, 6.45) is 5.25. The van der Waals surface area contributed by atoms with Gasteiger partial charge in [-0.2, -0.15) is 5.10 Å². The lowest BCUT2D eigenvalue weighted by molar-refractivity contribution is -0.115. The van der Waals surface area contributed by atoms with Crippen molar-refractivity contribution >= 4 is 23.4 Å². The third kappa shape index (κ3) is 3.59. The Morgan fingerprint density at radius 2 is 1.71 bits per heavy atom. The van der Waals surface area contributed by atoms with Gasteiger partial charge in [-0.3, -0.25) is 14.7 Å². The van der Waals surface area contributed by atoms with Crippen LogP contribution in [0.5, 0.6) is 0 Å². The normalized spacial score (nSPS) is 16.1. The van der Waals surface area contributed by atoms with Crippen LogP contribution in [0.4, 0.5) is 14.5 Å². The average Bonchev–Trinajstić information content (AvgIpc) is 3.41. The maximum atomic E-state index is 13.9. The molecule has 8 heteroatoms. The molecule has 5 nitrogen and oxygen atoms in total. The summed E-state index contributed by atoms with van der Waals surface area (Å²) >= 11 is 1.43. The summed E-state index contributed by atoms with van der Waals surface area (Å²) in [6.45, 7) is 0. The molecule has 2 aromatic heterocycles. The van der Waals surface area contributed by atoms with E-state index in [0.29, 0.717) is 11.4 Å². The monoisotopic (exact) mass is 434 g/mol. The number of aromatic nitrogens is 3. The van der Waals surface area contributed by atoms with E-state index in [1.165, 1.54) is 22.7 Å². The van der Waals surface area contributed by atoms with Gasteiger partial charge in [-0.25, -0.2) is 13.5 Å². The molecule has 5 rings (SSSR count). The molecule has 154 valence electrons. The van der Waals surface area contributed by atoms with Crippen LogP contribution in [0.2, 0.25) is 0 Å². The number of hydrogen-bond donors (Lipinski definition) is 0. The number of rotatable bonds is 4. The van der Waals surface area contributed by atoms with Crippen molar-refractivity contribution in [3.63, 3.8) is 0 Å². The van der Waals surface area contributed by atoms with Gasteiger partial charge in [0.05, 0.1) is 17.1 Å². The van der Waals surface area contributed by atoms with E-state index in [9.17, 15) is 13.6 Å². The molecule has 0 aliphatic carbocycles. The smallest absolute Gasteiger partial charge is 0.238 e. The summed E-state index contributed by atoms with van der Waals surface area (Å²) in [5, 5.41) is 4.35. The Bertz CT molecular complexity index is 1250. The zero-order valence-electron chi connectivity index (χ0n) is 16.2. The van der Waals surface area contributed by atoms with Crippen LogP contribution in [0.3, 0.4) is 0 Å². The highest BCUT2D eigenvalue weighted by Crippen LogP contribution is 2.45. The number of amides is 1. The summed E-state index contributed by atoms with van der Waals surface area (Å²) in [5.41, 5.74) is 3.54. The van der Waals surface area contributed by atoms with E-state index >= 15 is 0 Å². The number of carbonyl (C=O) groups excluding carboxylic acids is 1. The fraction of sp³-hybridized carbons (Fsp3) is 0.0870. The standard InChI is InChI=1S/C23H16F2N4OS/c24-19-7-6-17(12-20(19)25)29-21(30)14-31-23(29)18-13-28(16-4-2-1-3-5-16)27-22(18)15-8-10-26-11-9-15/h1-13,23H,14H2. The number of carbonyl (C=O) groups is 1. The van der Waals surface area contributed by atoms with Gasteiger partial charge in [-0.15, -0.1) is 11.8 Å². The molecule has 1 saturated heterocycles. The van der Waals surface area contributed by atoms with Crippen molar-refractivity contribution in [2.45, 2.75) is 5.37 Å². The molecule has 1 amide bonds. The second-order valence-corrected chi connectivity index (χ2v) is 8.04. The second-order valence-electron chi connectivity index (χ2n) is 6.97. The number of pyridine rings is 1. The number of thioether (sulfide) groups is 1. The summed E-state index contributed by atoms with van der Waals surface area (Å²) in [5.74, 6) is -1.88. The molecule has 3 heterocycles. The van der Waals surface area contributed by atoms with Crippen LogP contribution in [-0.4, -0.2) is 26.4 Å². The highest BCUT2D eigenvalue weighted by Gasteiger charge is 2.37. The zero-order chi connectivity index (χ0) is 21.4. The number of para-hydroxylation sites is 1. The highest BCUT2D eigenvalue weighted by atomic mass is 32.2. The summed E-state index contributed by atoms with van der Waals surface area (Å²) in [6, 6.07) is 16.9. The molecule has 1 fully saturated rings. The van der Waals surface area contributed by atoms with E-state index in [4.69, 9.17) is 5.10 Å². The Balaban J connectivity index is 1.65. The molecular weight excluding hydrogens is 418 g/mol. The van der Waals surface area contributed by atoms with E-state index in [0.717, 1.165) is 28.9 Å². The molecule has 31 heavy (non-hydrogen) atoms. The Morgan fingerprint density at radius 1 is 0.935 bits per heavy atom. The minimum atomic E-state index is -0.990. The van der Waals surface area contributed by atoms with Crippen molar-refractivity contribution in [1.82, 2.24) is 14.8 Å². The van der Waals surface area contributed by atoms with Crippen LogP contribution in [0, 0.1) is 11.6 Å². The van der Waals surface area contributed by atoms with Gasteiger partial charge < -0.3 is 0 Å². The predicted octanol–water partition coefficient (Wildman–Crippen LogP) is 4.99. The fourth-order valence-electron chi connectivity index (χ4n) is 3.58. The fourth-order valence-corrected chi connectivity index (χ4v) is 4.76. The number of nitrogens with zero attached hydrogens (tertiary/aromatic N) is 4. The first-order valence-electron chi connectivity index (χ1n) is 9.56. The van der Waals surface area contributed by atoms with E-state index in [-0.39, 0.29) is 11.7 Å². The van der Waals surface area contributed by atoms with Gasteiger partial charge in [0.1, 0.15) is 5.37 Å². The van der Waals surface area contributed by atoms with Crippen LogP contribution in [0.15, 0.2) is 79.3 Å². The van der Waals surface area contributed by atoms with Gasteiger partial charge in [-0.1, -0.05) is 18.2 Å². The van der Waals surface area contributed by atoms with Crippen molar-refractivity contribution < 1.29 is 13.6 Å². The summed E-state index contributed by atoms with van der Waals surface area (Å²) < 4.78 is 29.2. The molecule has 1 atom stereocenters. The lowest BCUT2D eigenvalue weighted by Gasteiger charge is -2.24. The number of halogens is 2. The first kappa shape index (κ1) is 19.4. The molecule has 0 bridgehead atoms. The average molecular weight is 434 g/mol. The number of anilines is 1. The Kier molecular flexibility index (Phi) is 4.99. The zero-order valence-corrected chi connectivity index (χ0v) is 17.0. The van der Waals surface area contributed by atoms with E-state index in [2.05, 4.69) is 4.98 Å². The lowest BCUT2D eigenvalue weighted by atomic mass is 10.1. The van der Waals surface area contributed by atoms with Crippen molar-refractivity contribution in [1.29, 1.82) is 0 Å². The largest absolute Gasteiger partial charge is 0.295 e. The number of hydrogen-bond acceptors (Lipinski definition) is 4. The SMILES string of the molecule is O=C1CSC(c2cn(-c3ccccc3)nc2-c2ccncc2)N1c1ccc(F)c(F)c1. The minimum Gasteiger partial charge on any atom is -0.295 e. The summed E-state index contributed by atoms with van der Waals surface area (Å²) in [7, 11) is 0. The first-order valence-corrected chi connectivity index (χ1v) is 10.6. The first-order chi connectivity index (χ1) is 15.1. The molecule has 0 saturated carbocycles. The molecule has 0 N–H and O–H groups in total. The van der Waals surface area contributed by atoms with Crippen LogP contribution >= 0.6 is 11.8 Å². The van der Waals surface area contributed by atoms with Gasteiger partial charge in [0, 0.05) is 41.5 Å². The van der Waals surface area contributed by atoms with Gasteiger partial charge in [-0.05, 0) is 36.4 Å². The molecular formula is C23H16F2N4OS. The van der Waals surface area contributed by atoms with Crippen molar-refractivity contribution in [2.75, 3.05) is 10.7 Å². The molecule has 1 unspecified atom stereocenters. The molecule has 4 aromatic rings. The van der Waals surface area contributed by atoms with Crippen LogP contribution in [0.1, 0.15) is 10.9 Å². The van der Waals surface area contributed by atoms with Crippen molar-refractivity contribution in [3.05, 3.63) is 96.5 Å². The molecule has 0 radical (unpaired) electrons. The lowest BCUT2D eigenvalue weighted by Crippen LogP contribution is -2.28. The predicted molar refractivity (Wildman–Crippen MR) is 116 cm³/mol. The molecule has 1 aliphatic heterocycles. The Hall–Kier alpha value is -3.52. The number of benzene rings is 2. The van der Waals surface area contributed by atoms with Gasteiger partial charge in [0.2, 0.25) is 5.91 Å². The van der Waals surface area contributed by atoms with Crippen molar-refractivity contribution in [3.8, 4) is 16.9 Å². The Labute approximate surface area is 181 Å². The van der Waals surface area contributed by atoms with Gasteiger partial charge >= 0.3 is 0 Å². The van der Waals surface area contributed by atoms with Crippen molar-refractivity contribution in [2.24, 2.45) is 0 Å². The minimum absolute atomic E-state index is 0.172. The highest BCUT2D eigenvalue weighted by molar-refractivity contribution is 8.00. The van der Waals surface area contributed by atoms with E-state index < -0.39 is 17.0 Å². The maximum absolute atomic E-state index is 13.9. The van der Waals surface area contributed by atoms with Gasteiger partial charge in [0.25, 0.3) is 0 Å². The van der Waals surface area contributed by atoms with Crippen LogP contribution in [0.25, 0.3) is 16.9 Å². The second kappa shape index (κ2) is 7.96. The Morgan fingerprint density at radius 3 is 2.45 bits per heavy atom. The van der Waals surface area contributed by atoms with Gasteiger partial charge in [0.15, 0.2) is 11.6 Å². The van der Waals surface area contributed by atoms with E-state index in [1.54, 1.807) is 17.1 Å². The molecule has 1 aliphatic rings. The molecule has 2 aromatic carbocycles. The quantitative estimate of drug-likeness (QED) is 0.454. The summed E-state index contributed by atoms with van der Waals surface area (Å²) in [4.78, 5) is 18.3. The van der Waals surface area contributed by atoms with Crippen LogP contribution in [-0.2, 0) is 4.79 Å². The topological polar surface area (TPSA) is 51.0 Å². The third-order valence-corrected chi connectivity index (χ3v) is 6.23. The molecule has 0 spiro atoms. The maximum Gasteiger partial charge on any atom is 0.238 e. The third-order valence-electron chi connectivity index (χ3n) is 5.03.